The van der Waals surface area contributed by atoms with Crippen LogP contribution in [0.2, 0.25) is 0 Å². The molecule has 4 aliphatic heterocycles. The van der Waals surface area contributed by atoms with Crippen molar-refractivity contribution in [3.05, 3.63) is 71.8 Å². The van der Waals surface area contributed by atoms with Gasteiger partial charge in [0.2, 0.25) is 11.8 Å². The first-order valence-corrected chi connectivity index (χ1v) is 22.4. The second-order valence-electron chi connectivity index (χ2n) is 17.9. The van der Waals surface area contributed by atoms with E-state index in [0.717, 1.165) is 4.90 Å². The summed E-state index contributed by atoms with van der Waals surface area (Å²) in [6, 6.07) is 10.8. The number of hydrogen-bond donors (Lipinski definition) is 6. The monoisotopic (exact) mass is 944 g/mol. The Morgan fingerprint density at radius 2 is 1.05 bits per heavy atom. The zero-order valence-electron chi connectivity index (χ0n) is 37.3. The lowest BCUT2D eigenvalue weighted by Crippen LogP contribution is -2.51. The van der Waals surface area contributed by atoms with Gasteiger partial charge in [0.15, 0.2) is 11.6 Å². The minimum atomic E-state index is -4.91. The van der Waals surface area contributed by atoms with Gasteiger partial charge < -0.3 is 40.5 Å². The topological polar surface area (TPSA) is 300 Å². The summed E-state index contributed by atoms with van der Waals surface area (Å²) in [4.78, 5) is 103. The van der Waals surface area contributed by atoms with Gasteiger partial charge in [0, 0.05) is 13.1 Å². The van der Waals surface area contributed by atoms with Crippen LogP contribution in [0.5, 0.6) is 0 Å². The highest BCUT2D eigenvalue weighted by atomic mass is 32.3. The van der Waals surface area contributed by atoms with Crippen LogP contribution < -0.4 is 21.3 Å². The minimum Gasteiger partial charge on any atom is -0.444 e. The van der Waals surface area contributed by atoms with Gasteiger partial charge in [0.1, 0.15) is 35.4 Å². The van der Waals surface area contributed by atoms with Gasteiger partial charge in [-0.05, 0) is 78.4 Å². The number of hydrogen-bond acceptors (Lipinski definition) is 14. The SMILES string of the molecule is CC(C)(C)OC(=O)NC(C(=O)CNC(=O)[C@@H]1CC[C@@H]2CN1C(=O)N2O)c1ccccc1.CC(C)(C)OC(=O)NC(C(=O)CNC(=O)[C@@H]1CC[C@@H]2CN1C(=O)N2OS(=O)(=O)O)c1ccccc1. The van der Waals surface area contributed by atoms with Gasteiger partial charge in [0.05, 0.1) is 25.2 Å². The predicted octanol–water partition coefficient (Wildman–Crippen LogP) is 2.54. The van der Waals surface area contributed by atoms with Crippen LogP contribution in [0.3, 0.4) is 0 Å². The summed E-state index contributed by atoms with van der Waals surface area (Å²) in [5, 5.41) is 21.1. The summed E-state index contributed by atoms with van der Waals surface area (Å²) < 4.78 is 45.7. The molecular formula is C42H56N8O15S. The largest absolute Gasteiger partial charge is 0.444 e. The van der Waals surface area contributed by atoms with Crippen molar-refractivity contribution in [3.63, 3.8) is 0 Å². The molecule has 6 atom stereocenters. The lowest BCUT2D eigenvalue weighted by Gasteiger charge is -2.29. The van der Waals surface area contributed by atoms with Crippen molar-refractivity contribution >= 4 is 58.0 Å². The Labute approximate surface area is 381 Å². The number of carbonyl (C=O) groups excluding carboxylic acids is 8. The molecule has 360 valence electrons. The Hall–Kier alpha value is -6.37. The van der Waals surface area contributed by atoms with Gasteiger partial charge in [-0.1, -0.05) is 60.7 Å². The van der Waals surface area contributed by atoms with E-state index < -0.39 is 106 Å². The Balaban J connectivity index is 0.000000249. The Bertz CT molecular complexity index is 2250. The Kier molecular flexibility index (Phi) is 16.0. The van der Waals surface area contributed by atoms with E-state index in [1.807, 2.05) is 0 Å². The van der Waals surface area contributed by atoms with E-state index in [2.05, 4.69) is 25.6 Å². The number of benzene rings is 2. The van der Waals surface area contributed by atoms with Crippen molar-refractivity contribution in [2.45, 2.75) is 115 Å². The molecule has 6 rings (SSSR count). The van der Waals surface area contributed by atoms with Gasteiger partial charge in [-0.25, -0.2) is 24.2 Å². The van der Waals surface area contributed by atoms with Crippen molar-refractivity contribution in [3.8, 4) is 0 Å². The van der Waals surface area contributed by atoms with E-state index in [4.69, 9.17) is 14.0 Å². The average molecular weight is 945 g/mol. The molecule has 4 fully saturated rings. The van der Waals surface area contributed by atoms with E-state index in [1.165, 1.54) is 4.90 Å². The van der Waals surface area contributed by atoms with Crippen molar-refractivity contribution in [2.75, 3.05) is 26.2 Å². The normalized spacial score (nSPS) is 21.2. The molecule has 2 aromatic rings. The van der Waals surface area contributed by atoms with E-state index in [0.29, 0.717) is 34.1 Å². The molecule has 4 bridgehead atoms. The maximum atomic E-state index is 13.0. The molecule has 6 N–H and O–H groups in total. The van der Waals surface area contributed by atoms with E-state index in [-0.39, 0.29) is 38.5 Å². The fourth-order valence-corrected chi connectivity index (χ4v) is 8.05. The van der Waals surface area contributed by atoms with E-state index in [9.17, 15) is 52.0 Å². The second kappa shape index (κ2) is 20.9. The number of rotatable bonds is 14. The highest BCUT2D eigenvalue weighted by Crippen LogP contribution is 2.31. The predicted molar refractivity (Wildman–Crippen MR) is 229 cm³/mol. The zero-order valence-corrected chi connectivity index (χ0v) is 38.1. The Morgan fingerprint density at radius 3 is 1.45 bits per heavy atom. The number of alkyl carbamates (subject to hydrolysis) is 2. The molecule has 23 nitrogen and oxygen atoms in total. The lowest BCUT2D eigenvalue weighted by atomic mass is 9.99. The quantitative estimate of drug-likeness (QED) is 0.117. The summed E-state index contributed by atoms with van der Waals surface area (Å²) in [7, 11) is -4.91. The number of hydroxylamine groups is 4. The molecule has 0 saturated carbocycles. The summed E-state index contributed by atoms with van der Waals surface area (Å²) in [6.07, 6.45) is -0.212. The number of amides is 8. The van der Waals surface area contributed by atoms with E-state index in [1.54, 1.807) is 102 Å². The minimum absolute atomic E-state index is 0.0211. The third-order valence-electron chi connectivity index (χ3n) is 10.6. The molecule has 66 heavy (non-hydrogen) atoms. The molecule has 0 aromatic heterocycles. The first kappa shape index (κ1) is 50.6. The van der Waals surface area contributed by atoms with Gasteiger partial charge in [-0.3, -0.25) is 28.9 Å². The van der Waals surface area contributed by atoms with Gasteiger partial charge in [-0.2, -0.15) is 13.5 Å². The summed E-state index contributed by atoms with van der Waals surface area (Å²) >= 11 is 0. The number of ketones is 2. The van der Waals surface area contributed by atoms with Crippen molar-refractivity contribution < 1.29 is 70.3 Å². The third-order valence-corrected chi connectivity index (χ3v) is 10.9. The number of ether oxygens (including phenoxy) is 2. The number of nitrogens with zero attached hydrogens (tertiary/aromatic N) is 4. The molecule has 2 unspecified atom stereocenters. The molecule has 8 amide bonds. The van der Waals surface area contributed by atoms with Crippen LogP contribution in [0.1, 0.15) is 90.4 Å². The number of nitrogens with one attached hydrogen (secondary N) is 4. The third kappa shape index (κ3) is 13.6. The van der Waals surface area contributed by atoms with E-state index >= 15 is 0 Å². The fraction of sp³-hybridized carbons (Fsp3) is 0.524. The molecule has 4 saturated heterocycles. The number of fused-ring (bicyclic) bond motifs is 4. The average Bonchev–Trinajstić information content (AvgIpc) is 3.60. The zero-order chi connectivity index (χ0) is 48.7. The molecule has 4 aliphatic rings. The molecule has 24 heteroatoms. The second-order valence-corrected chi connectivity index (χ2v) is 18.9. The first-order chi connectivity index (χ1) is 30.8. The maximum absolute atomic E-state index is 13.0. The standard InChI is InChI=1S/C21H28N4O9S.C21H28N4O6/c1-21(2,3)33-19(28)23-17(13-7-5-4-6-8-13)16(26)11-22-18(27)15-10-9-14-12-24(15)20(29)25(14)34-35(30,31)32;1-21(2,3)31-19(28)23-17(13-7-5-4-6-8-13)16(26)11-22-18(27)15-10-9-14-12-24(15)20(29)25(14)30/h4-8,14-15,17H,9-12H2,1-3H3,(H,22,27)(H,23,28)(H,30,31,32);4-8,14-15,17,30H,9-12H2,1-3H3,(H,22,27)(H,23,28)/t2*14-,15+,17?/m11/s1. The van der Waals surface area contributed by atoms with Crippen LogP contribution in [-0.2, 0) is 43.3 Å². The summed E-state index contributed by atoms with van der Waals surface area (Å²) in [5.74, 6) is -2.05. The van der Waals surface area contributed by atoms with Gasteiger partial charge in [0.25, 0.3) is 0 Å². The fourth-order valence-electron chi connectivity index (χ4n) is 7.66. The van der Waals surface area contributed by atoms with Crippen LogP contribution in [0.15, 0.2) is 60.7 Å². The van der Waals surface area contributed by atoms with Gasteiger partial charge >= 0.3 is 34.6 Å². The van der Waals surface area contributed by atoms with Crippen LogP contribution >= 0.6 is 0 Å². The maximum Gasteiger partial charge on any atom is 0.418 e. The smallest absolute Gasteiger partial charge is 0.418 e. The molecule has 0 aliphatic carbocycles. The number of piperidine rings is 2. The summed E-state index contributed by atoms with van der Waals surface area (Å²) in [5.41, 5.74) is -0.467. The lowest BCUT2D eigenvalue weighted by molar-refractivity contribution is -0.129. The summed E-state index contributed by atoms with van der Waals surface area (Å²) in [6.45, 7) is 9.71. The van der Waals surface area contributed by atoms with Crippen LogP contribution in [0.25, 0.3) is 0 Å². The van der Waals surface area contributed by atoms with Crippen LogP contribution in [0, 0.1) is 0 Å². The molecule has 0 radical (unpaired) electrons. The number of urea groups is 2. The van der Waals surface area contributed by atoms with Crippen molar-refractivity contribution in [2.24, 2.45) is 0 Å². The molecule has 2 aromatic carbocycles. The number of carbonyl (C=O) groups is 8. The highest BCUT2D eigenvalue weighted by Gasteiger charge is 2.50. The highest BCUT2D eigenvalue weighted by molar-refractivity contribution is 7.80. The Morgan fingerprint density at radius 1 is 0.652 bits per heavy atom. The number of Topliss-reactive ketones (excluding diaryl/α,β-unsaturated/α-hetero) is 2. The molecule has 4 heterocycles. The van der Waals surface area contributed by atoms with Crippen LogP contribution in [-0.4, -0.2) is 147 Å². The van der Waals surface area contributed by atoms with Gasteiger partial charge in [-0.15, -0.1) is 4.28 Å². The van der Waals surface area contributed by atoms with Crippen LogP contribution in [0.4, 0.5) is 19.2 Å². The molecule has 0 spiro atoms. The molecular weight excluding hydrogens is 889 g/mol. The van der Waals surface area contributed by atoms with Crippen molar-refractivity contribution in [1.82, 2.24) is 41.2 Å². The first-order valence-electron chi connectivity index (χ1n) is 21.1. The van der Waals surface area contributed by atoms with Crippen molar-refractivity contribution in [1.29, 1.82) is 0 Å².